The number of aliphatic imine (C=N–C) groups is 1. The lowest BCUT2D eigenvalue weighted by molar-refractivity contribution is -0.121. The van der Waals surface area contributed by atoms with Crippen LogP contribution in [0.4, 0.5) is 17.3 Å². The summed E-state index contributed by atoms with van der Waals surface area (Å²) in [5.41, 5.74) is 3.39. The molecule has 2 amide bonds. The van der Waals surface area contributed by atoms with Crippen molar-refractivity contribution in [2.45, 2.75) is 47.5 Å². The minimum Gasteiger partial charge on any atom is -0.370 e. The predicted octanol–water partition coefficient (Wildman–Crippen LogP) is 2.00. The summed E-state index contributed by atoms with van der Waals surface area (Å²) in [6.07, 6.45) is 1.43. The van der Waals surface area contributed by atoms with Crippen LogP contribution in [0.1, 0.15) is 51.9 Å². The summed E-state index contributed by atoms with van der Waals surface area (Å²) < 4.78 is 26.7. The van der Waals surface area contributed by atoms with Gasteiger partial charge in [-0.2, -0.15) is 9.78 Å². The number of fused-ring (bicyclic) bond motifs is 1. The Morgan fingerprint density at radius 2 is 1.81 bits per heavy atom. The van der Waals surface area contributed by atoms with Crippen LogP contribution in [0.5, 0.6) is 0 Å². The van der Waals surface area contributed by atoms with Crippen molar-refractivity contribution in [3.63, 3.8) is 0 Å². The molecule has 1 saturated heterocycles. The van der Waals surface area contributed by atoms with Gasteiger partial charge in [-0.1, -0.05) is 20.8 Å². The topological polar surface area (TPSA) is 142 Å². The van der Waals surface area contributed by atoms with Gasteiger partial charge >= 0.3 is 0 Å². The lowest BCUT2D eigenvalue weighted by Gasteiger charge is -2.24. The van der Waals surface area contributed by atoms with Gasteiger partial charge in [-0.25, -0.2) is 23.0 Å². The maximum absolute atomic E-state index is 12.3. The number of aromatic nitrogens is 3. The van der Waals surface area contributed by atoms with Crippen molar-refractivity contribution in [3.05, 3.63) is 29.6 Å². The van der Waals surface area contributed by atoms with Crippen molar-refractivity contribution in [2.75, 3.05) is 35.7 Å². The molecule has 0 bridgehead atoms. The molecule has 3 heterocycles. The molecule has 0 aliphatic carbocycles. The van der Waals surface area contributed by atoms with E-state index in [1.165, 1.54) is 4.68 Å². The van der Waals surface area contributed by atoms with Crippen LogP contribution in [-0.4, -0.2) is 72.4 Å². The Morgan fingerprint density at radius 3 is 2.38 bits per heavy atom. The van der Waals surface area contributed by atoms with Gasteiger partial charge in [0.1, 0.15) is 5.71 Å². The molecule has 198 valence electrons. The lowest BCUT2D eigenvalue weighted by Crippen LogP contribution is -2.34. The first-order valence-corrected chi connectivity index (χ1v) is 14.0. The zero-order chi connectivity index (χ0) is 27.1. The quantitative estimate of drug-likeness (QED) is 0.516. The van der Waals surface area contributed by atoms with Gasteiger partial charge < -0.3 is 4.90 Å². The fraction of sp³-hybridized carbons (Fsp3) is 0.500. The number of sulfonamides is 1. The molecule has 1 fully saturated rings. The van der Waals surface area contributed by atoms with E-state index in [-0.39, 0.29) is 30.6 Å². The SMILES string of the molecule is CCN(CCNS(C)(=O)=O)c1ccc(N=C2C(C(C)(C)C)=Nn3c2nnc3N2C(=O)CCC2=O)c(C)c1. The van der Waals surface area contributed by atoms with Gasteiger partial charge in [-0.15, -0.1) is 10.2 Å². The van der Waals surface area contributed by atoms with Gasteiger partial charge in [0.25, 0.3) is 5.95 Å². The number of amides is 2. The number of nitrogens with zero attached hydrogens (tertiary/aromatic N) is 7. The second kappa shape index (κ2) is 9.78. The first-order valence-electron chi connectivity index (χ1n) is 12.1. The van der Waals surface area contributed by atoms with Crippen LogP contribution < -0.4 is 14.5 Å². The van der Waals surface area contributed by atoms with Crippen LogP contribution >= 0.6 is 0 Å². The summed E-state index contributed by atoms with van der Waals surface area (Å²) >= 11 is 0. The van der Waals surface area contributed by atoms with Crippen molar-refractivity contribution < 1.29 is 18.0 Å². The highest BCUT2D eigenvalue weighted by atomic mass is 32.2. The van der Waals surface area contributed by atoms with Crippen LogP contribution in [0.15, 0.2) is 28.3 Å². The molecule has 0 spiro atoms. The average Bonchev–Trinajstić information content (AvgIpc) is 3.46. The van der Waals surface area contributed by atoms with E-state index in [2.05, 4.69) is 24.9 Å². The first kappa shape index (κ1) is 26.6. The van der Waals surface area contributed by atoms with Gasteiger partial charge in [0.2, 0.25) is 27.7 Å². The second-order valence-electron chi connectivity index (χ2n) is 10.1. The molecule has 37 heavy (non-hydrogen) atoms. The van der Waals surface area contributed by atoms with Crippen LogP contribution in [0.2, 0.25) is 0 Å². The maximum atomic E-state index is 12.3. The summed E-state index contributed by atoms with van der Waals surface area (Å²) in [5, 5.41) is 13.0. The molecule has 1 N–H and O–H groups in total. The zero-order valence-corrected chi connectivity index (χ0v) is 22.8. The van der Waals surface area contributed by atoms with E-state index in [4.69, 9.17) is 4.99 Å². The average molecular weight is 529 g/mol. The van der Waals surface area contributed by atoms with Gasteiger partial charge in [-0.05, 0) is 37.6 Å². The van der Waals surface area contributed by atoms with Crippen molar-refractivity contribution >= 4 is 50.6 Å². The van der Waals surface area contributed by atoms with Crippen molar-refractivity contribution in [1.82, 2.24) is 19.6 Å². The van der Waals surface area contributed by atoms with Crippen LogP contribution in [0.3, 0.4) is 0 Å². The van der Waals surface area contributed by atoms with E-state index in [0.717, 1.165) is 22.4 Å². The van der Waals surface area contributed by atoms with Crippen molar-refractivity contribution in [2.24, 2.45) is 15.5 Å². The third kappa shape index (κ3) is 5.47. The maximum Gasteiger partial charge on any atom is 0.262 e. The van der Waals surface area contributed by atoms with Crippen LogP contribution in [-0.2, 0) is 19.6 Å². The van der Waals surface area contributed by atoms with E-state index in [9.17, 15) is 18.0 Å². The molecule has 2 aromatic rings. The fourth-order valence-corrected chi connectivity index (χ4v) is 4.69. The second-order valence-corrected chi connectivity index (χ2v) is 12.0. The molecule has 0 saturated carbocycles. The third-order valence-corrected chi connectivity index (χ3v) is 6.86. The number of nitrogens with one attached hydrogen (secondary N) is 1. The summed E-state index contributed by atoms with van der Waals surface area (Å²) in [6, 6.07) is 5.85. The molecule has 2 aliphatic rings. The zero-order valence-electron chi connectivity index (χ0n) is 21.9. The number of anilines is 2. The summed E-state index contributed by atoms with van der Waals surface area (Å²) in [7, 11) is -3.25. The number of aryl methyl sites for hydroxylation is 1. The Labute approximate surface area is 216 Å². The van der Waals surface area contributed by atoms with Gasteiger partial charge in [-0.3, -0.25) is 9.59 Å². The van der Waals surface area contributed by atoms with Crippen molar-refractivity contribution in [3.8, 4) is 0 Å². The molecule has 1 aromatic heterocycles. The van der Waals surface area contributed by atoms with E-state index in [1.807, 2.05) is 52.8 Å². The Hall–Kier alpha value is -3.45. The Balaban J connectivity index is 1.68. The van der Waals surface area contributed by atoms with Gasteiger partial charge in [0, 0.05) is 43.6 Å². The van der Waals surface area contributed by atoms with E-state index < -0.39 is 15.4 Å². The molecule has 4 rings (SSSR count). The number of hydrogen-bond acceptors (Lipinski definition) is 9. The highest BCUT2D eigenvalue weighted by Crippen LogP contribution is 2.32. The van der Waals surface area contributed by atoms with E-state index in [0.29, 0.717) is 42.6 Å². The summed E-state index contributed by atoms with van der Waals surface area (Å²) in [5.74, 6) is -0.186. The summed E-state index contributed by atoms with van der Waals surface area (Å²) in [6.45, 7) is 11.5. The Kier molecular flexibility index (Phi) is 7.04. The largest absolute Gasteiger partial charge is 0.370 e. The highest BCUT2D eigenvalue weighted by Gasteiger charge is 2.40. The highest BCUT2D eigenvalue weighted by molar-refractivity contribution is 7.88. The third-order valence-electron chi connectivity index (χ3n) is 6.13. The Bertz CT molecular complexity index is 1400. The number of rotatable bonds is 8. The number of likely N-dealkylation sites (N-methyl/N-ethyl adjacent to an activating group) is 1. The Morgan fingerprint density at radius 1 is 1.14 bits per heavy atom. The summed E-state index contributed by atoms with van der Waals surface area (Å²) in [4.78, 5) is 32.7. The van der Waals surface area contributed by atoms with Crippen molar-refractivity contribution in [1.29, 1.82) is 0 Å². The van der Waals surface area contributed by atoms with Crippen LogP contribution in [0, 0.1) is 12.3 Å². The monoisotopic (exact) mass is 528 g/mol. The first-order chi connectivity index (χ1) is 17.3. The molecule has 1 aromatic carbocycles. The smallest absolute Gasteiger partial charge is 0.262 e. The molecule has 12 nitrogen and oxygen atoms in total. The number of benzene rings is 1. The van der Waals surface area contributed by atoms with E-state index >= 15 is 0 Å². The number of carbonyl (C=O) groups excluding carboxylic acids is 2. The molecular formula is C24H32N8O4S. The standard InChI is InChI=1S/C24H32N8O4S/c1-7-30(13-12-25-37(6,35)36)16-8-9-17(15(2)14-16)26-20-21(24(3,4)5)29-32-22(20)27-28-23(32)31-18(33)10-11-19(31)34/h8-9,14,25H,7,10-13H2,1-6H3. The number of carbonyl (C=O) groups is 2. The number of hydrogen-bond donors (Lipinski definition) is 1. The molecule has 0 radical (unpaired) electrons. The lowest BCUT2D eigenvalue weighted by atomic mass is 9.87. The molecule has 2 aliphatic heterocycles. The van der Waals surface area contributed by atoms with E-state index in [1.54, 1.807) is 0 Å². The molecular weight excluding hydrogens is 496 g/mol. The molecule has 0 unspecified atom stereocenters. The molecule has 0 atom stereocenters. The molecule has 13 heteroatoms. The van der Waals surface area contributed by atoms with Crippen LogP contribution in [0.25, 0.3) is 0 Å². The fourth-order valence-electron chi connectivity index (χ4n) is 4.23. The van der Waals surface area contributed by atoms with Gasteiger partial charge in [0.15, 0.2) is 0 Å². The predicted molar refractivity (Wildman–Crippen MR) is 142 cm³/mol. The minimum absolute atomic E-state index is 0.0859. The number of imide groups is 1. The normalized spacial score (nSPS) is 17.1. The minimum atomic E-state index is -3.25. The van der Waals surface area contributed by atoms with Gasteiger partial charge in [0.05, 0.1) is 17.7 Å².